The molecule has 1 unspecified atom stereocenters. The van der Waals surface area contributed by atoms with Crippen LogP contribution in [0, 0.1) is 6.92 Å². The van der Waals surface area contributed by atoms with E-state index >= 15 is 0 Å². The Labute approximate surface area is 178 Å². The molecule has 0 bridgehead atoms. The van der Waals surface area contributed by atoms with Gasteiger partial charge in [0.1, 0.15) is 5.75 Å². The zero-order valence-corrected chi connectivity index (χ0v) is 18.2. The van der Waals surface area contributed by atoms with Crippen LogP contribution in [0.4, 0.5) is 0 Å². The van der Waals surface area contributed by atoms with Crippen LogP contribution >= 0.6 is 27.5 Å². The largest absolute Gasteiger partial charge is 0.480 e. The molecule has 28 heavy (non-hydrogen) atoms. The molecular formula is C21H22BrClN2O3. The van der Waals surface area contributed by atoms with Crippen molar-refractivity contribution in [3.63, 3.8) is 0 Å². The lowest BCUT2D eigenvalue weighted by atomic mass is 10.1. The van der Waals surface area contributed by atoms with Crippen LogP contribution in [0.5, 0.6) is 5.75 Å². The first-order valence-corrected chi connectivity index (χ1v) is 10.3. The van der Waals surface area contributed by atoms with Gasteiger partial charge in [0.15, 0.2) is 6.10 Å². The highest BCUT2D eigenvalue weighted by molar-refractivity contribution is 9.10. The number of nitrogens with zero attached hydrogens (tertiary/aromatic N) is 2. The molecule has 2 aromatic rings. The zero-order chi connectivity index (χ0) is 20.3. The predicted octanol–water partition coefficient (Wildman–Crippen LogP) is 4.16. The summed E-state index contributed by atoms with van der Waals surface area (Å²) >= 11 is 9.44. The highest BCUT2D eigenvalue weighted by atomic mass is 79.9. The molecule has 2 amide bonds. The summed E-state index contributed by atoms with van der Waals surface area (Å²) in [5, 5.41) is 0.535. The van der Waals surface area contributed by atoms with Crippen LogP contribution in [-0.2, 0) is 4.79 Å². The number of amides is 2. The fraction of sp³-hybridized carbons (Fsp3) is 0.333. The number of carbonyl (C=O) groups excluding carboxylic acids is 2. The molecule has 5 nitrogen and oxygen atoms in total. The van der Waals surface area contributed by atoms with Crippen LogP contribution in [-0.4, -0.2) is 53.9 Å². The van der Waals surface area contributed by atoms with Crippen molar-refractivity contribution in [3.8, 4) is 5.75 Å². The Morgan fingerprint density at radius 2 is 1.75 bits per heavy atom. The van der Waals surface area contributed by atoms with Gasteiger partial charge < -0.3 is 14.5 Å². The van der Waals surface area contributed by atoms with Gasteiger partial charge in [0.05, 0.1) is 4.47 Å². The second kappa shape index (κ2) is 8.97. The molecule has 0 N–H and O–H groups in total. The number of piperazine rings is 1. The summed E-state index contributed by atoms with van der Waals surface area (Å²) in [5.74, 6) is 0.492. The Kier molecular flexibility index (Phi) is 6.62. The van der Waals surface area contributed by atoms with Gasteiger partial charge in [0.2, 0.25) is 0 Å². The molecule has 0 aliphatic carbocycles. The number of aryl methyl sites for hydroxylation is 1. The van der Waals surface area contributed by atoms with Gasteiger partial charge in [-0.1, -0.05) is 23.7 Å². The number of benzene rings is 2. The van der Waals surface area contributed by atoms with Crippen molar-refractivity contribution in [2.75, 3.05) is 26.2 Å². The maximum atomic E-state index is 12.7. The summed E-state index contributed by atoms with van der Waals surface area (Å²) in [7, 11) is 0. The minimum absolute atomic E-state index is 0.0671. The Morgan fingerprint density at radius 1 is 1.07 bits per heavy atom. The molecule has 2 aromatic carbocycles. The normalized spacial score (nSPS) is 15.3. The zero-order valence-electron chi connectivity index (χ0n) is 15.8. The quantitative estimate of drug-likeness (QED) is 0.681. The lowest BCUT2D eigenvalue weighted by Gasteiger charge is -2.36. The van der Waals surface area contributed by atoms with Crippen molar-refractivity contribution in [1.29, 1.82) is 0 Å². The van der Waals surface area contributed by atoms with Crippen LogP contribution in [0.15, 0.2) is 46.9 Å². The predicted molar refractivity (Wildman–Crippen MR) is 113 cm³/mol. The van der Waals surface area contributed by atoms with E-state index in [-0.39, 0.29) is 11.8 Å². The van der Waals surface area contributed by atoms with E-state index in [1.807, 2.05) is 25.1 Å². The number of hydrogen-bond donors (Lipinski definition) is 0. The van der Waals surface area contributed by atoms with Gasteiger partial charge in [-0.25, -0.2) is 0 Å². The number of hydrogen-bond acceptors (Lipinski definition) is 3. The standard InChI is InChI=1S/C21H22BrClN2O3/c1-14-6-7-19(18(22)12-14)28-15(2)20(26)24-8-10-25(11-9-24)21(27)16-4-3-5-17(23)13-16/h3-7,12-13,15H,8-11H2,1-2H3. The van der Waals surface area contributed by atoms with Crippen molar-refractivity contribution in [3.05, 3.63) is 63.1 Å². The molecule has 1 heterocycles. The second-order valence-electron chi connectivity index (χ2n) is 6.82. The number of halogens is 2. The molecule has 7 heteroatoms. The van der Waals surface area contributed by atoms with Gasteiger partial charge in [-0.15, -0.1) is 0 Å². The third kappa shape index (κ3) is 4.86. The average molecular weight is 466 g/mol. The van der Waals surface area contributed by atoms with Gasteiger partial charge >= 0.3 is 0 Å². The first-order valence-electron chi connectivity index (χ1n) is 9.11. The molecule has 1 fully saturated rings. The third-order valence-electron chi connectivity index (χ3n) is 4.69. The Balaban J connectivity index is 1.56. The van der Waals surface area contributed by atoms with Gasteiger partial charge in [0, 0.05) is 36.8 Å². The summed E-state index contributed by atoms with van der Waals surface area (Å²) in [6.45, 7) is 5.67. The van der Waals surface area contributed by atoms with E-state index in [9.17, 15) is 9.59 Å². The van der Waals surface area contributed by atoms with E-state index in [2.05, 4.69) is 15.9 Å². The molecule has 1 saturated heterocycles. The fourth-order valence-electron chi connectivity index (χ4n) is 3.13. The monoisotopic (exact) mass is 464 g/mol. The van der Waals surface area contributed by atoms with Crippen molar-refractivity contribution in [2.45, 2.75) is 20.0 Å². The molecule has 0 radical (unpaired) electrons. The van der Waals surface area contributed by atoms with E-state index in [1.54, 1.807) is 41.0 Å². The number of carbonyl (C=O) groups is 2. The summed E-state index contributed by atoms with van der Waals surface area (Å²) in [5.41, 5.74) is 1.67. The minimum Gasteiger partial charge on any atom is -0.480 e. The van der Waals surface area contributed by atoms with E-state index < -0.39 is 6.10 Å². The van der Waals surface area contributed by atoms with Gasteiger partial charge in [-0.3, -0.25) is 9.59 Å². The van der Waals surface area contributed by atoms with Gasteiger partial charge in [-0.05, 0) is 65.7 Å². The highest BCUT2D eigenvalue weighted by Crippen LogP contribution is 2.27. The number of rotatable bonds is 4. The smallest absolute Gasteiger partial charge is 0.263 e. The SMILES string of the molecule is Cc1ccc(OC(C)C(=O)N2CCN(C(=O)c3cccc(Cl)c3)CC2)c(Br)c1. The molecule has 148 valence electrons. The molecule has 1 atom stereocenters. The van der Waals surface area contributed by atoms with Crippen molar-refractivity contribution in [1.82, 2.24) is 9.80 Å². The Bertz CT molecular complexity index is 882. The Morgan fingerprint density at radius 3 is 2.39 bits per heavy atom. The van der Waals surface area contributed by atoms with E-state index in [4.69, 9.17) is 16.3 Å². The molecule has 1 aliphatic rings. The molecule has 0 aromatic heterocycles. The fourth-order valence-corrected chi connectivity index (χ4v) is 3.91. The maximum absolute atomic E-state index is 12.7. The minimum atomic E-state index is -0.603. The van der Waals surface area contributed by atoms with Crippen LogP contribution in [0.1, 0.15) is 22.8 Å². The summed E-state index contributed by atoms with van der Waals surface area (Å²) in [6.07, 6.45) is -0.603. The first kappa shape index (κ1) is 20.7. The first-order chi connectivity index (χ1) is 13.3. The van der Waals surface area contributed by atoms with Crippen LogP contribution in [0.3, 0.4) is 0 Å². The molecule has 1 aliphatic heterocycles. The van der Waals surface area contributed by atoms with Crippen molar-refractivity contribution < 1.29 is 14.3 Å². The third-order valence-corrected chi connectivity index (χ3v) is 5.54. The lowest BCUT2D eigenvalue weighted by molar-refractivity contribution is -0.139. The van der Waals surface area contributed by atoms with E-state index in [0.29, 0.717) is 42.5 Å². The molecule has 0 saturated carbocycles. The summed E-state index contributed by atoms with van der Waals surface area (Å²) < 4.78 is 6.66. The van der Waals surface area contributed by atoms with Crippen LogP contribution < -0.4 is 4.74 Å². The number of ether oxygens (including phenoxy) is 1. The summed E-state index contributed by atoms with van der Waals surface area (Å²) in [4.78, 5) is 28.8. The second-order valence-corrected chi connectivity index (χ2v) is 8.11. The van der Waals surface area contributed by atoms with Gasteiger partial charge in [0.25, 0.3) is 11.8 Å². The molecule has 0 spiro atoms. The van der Waals surface area contributed by atoms with Crippen LogP contribution in [0.25, 0.3) is 0 Å². The molecule has 3 rings (SSSR count). The van der Waals surface area contributed by atoms with Gasteiger partial charge in [-0.2, -0.15) is 0 Å². The summed E-state index contributed by atoms with van der Waals surface area (Å²) in [6, 6.07) is 12.7. The van der Waals surface area contributed by atoms with E-state index in [1.165, 1.54) is 0 Å². The topological polar surface area (TPSA) is 49.9 Å². The Hall–Kier alpha value is -2.05. The highest BCUT2D eigenvalue weighted by Gasteiger charge is 2.28. The van der Waals surface area contributed by atoms with Crippen LogP contribution in [0.2, 0.25) is 5.02 Å². The lowest BCUT2D eigenvalue weighted by Crippen LogP contribution is -2.53. The maximum Gasteiger partial charge on any atom is 0.263 e. The van der Waals surface area contributed by atoms with Crippen molar-refractivity contribution in [2.24, 2.45) is 0 Å². The van der Waals surface area contributed by atoms with E-state index in [0.717, 1.165) is 10.0 Å². The van der Waals surface area contributed by atoms with Crippen molar-refractivity contribution >= 4 is 39.3 Å². The molecular weight excluding hydrogens is 444 g/mol. The average Bonchev–Trinajstić information content (AvgIpc) is 2.69.